The lowest BCUT2D eigenvalue weighted by Crippen LogP contribution is -2.11. The molecule has 0 aliphatic carbocycles. The lowest BCUT2D eigenvalue weighted by molar-refractivity contribution is 0.543. The van der Waals surface area contributed by atoms with Crippen molar-refractivity contribution in [2.75, 3.05) is 0 Å². The molecule has 132 valence electrons. The summed E-state index contributed by atoms with van der Waals surface area (Å²) >= 11 is 6.27. The van der Waals surface area contributed by atoms with Gasteiger partial charge in [-0.05, 0) is 12.8 Å². The fourth-order valence-electron chi connectivity index (χ4n) is 3.11. The van der Waals surface area contributed by atoms with Gasteiger partial charge >= 0.3 is 0 Å². The van der Waals surface area contributed by atoms with E-state index in [0.717, 1.165) is 12.8 Å². The molecule has 0 aliphatic heterocycles. The van der Waals surface area contributed by atoms with Gasteiger partial charge < -0.3 is 0 Å². The van der Waals surface area contributed by atoms with Crippen molar-refractivity contribution >= 4 is 17.4 Å². The predicted molar refractivity (Wildman–Crippen MR) is 89.0 cm³/mol. The summed E-state index contributed by atoms with van der Waals surface area (Å²) in [5.74, 6) is -2.87. The van der Waals surface area contributed by atoms with Crippen LogP contribution in [0.4, 0.5) is 13.2 Å². The van der Waals surface area contributed by atoms with Crippen LogP contribution < -0.4 is 0 Å². The second-order valence-corrected chi connectivity index (χ2v) is 6.13. The molecule has 0 aliphatic rings. The standard InChI is InChI=1S/C17H16ClF3N4/c1-3-5-9(4-2)15-14(13-11(20)6-10(19)7-12(13)21)16(18)24-17-22-8-23-25(15)17/h6-9H,3-5H2,1-2H3. The molecular formula is C17H16ClF3N4. The van der Waals surface area contributed by atoms with Crippen LogP contribution in [0.3, 0.4) is 0 Å². The molecule has 0 amide bonds. The number of hydrogen-bond donors (Lipinski definition) is 0. The zero-order valence-electron chi connectivity index (χ0n) is 13.7. The highest BCUT2D eigenvalue weighted by Crippen LogP contribution is 2.40. The largest absolute Gasteiger partial charge is 0.253 e. The van der Waals surface area contributed by atoms with Crippen LogP contribution in [-0.2, 0) is 0 Å². The molecule has 0 fully saturated rings. The maximum Gasteiger partial charge on any atom is 0.253 e. The number of halogens is 4. The van der Waals surface area contributed by atoms with Gasteiger partial charge in [0.25, 0.3) is 5.78 Å². The predicted octanol–water partition coefficient (Wildman–Crippen LogP) is 5.16. The van der Waals surface area contributed by atoms with Gasteiger partial charge in [-0.15, -0.1) is 0 Å². The molecule has 0 radical (unpaired) electrons. The molecule has 3 rings (SSSR count). The third-order valence-electron chi connectivity index (χ3n) is 4.19. The van der Waals surface area contributed by atoms with Crippen LogP contribution in [0, 0.1) is 17.5 Å². The van der Waals surface area contributed by atoms with Crippen molar-refractivity contribution in [3.8, 4) is 11.1 Å². The van der Waals surface area contributed by atoms with E-state index in [4.69, 9.17) is 11.6 Å². The van der Waals surface area contributed by atoms with Crippen LogP contribution in [0.1, 0.15) is 44.7 Å². The molecule has 2 aromatic heterocycles. The lowest BCUT2D eigenvalue weighted by atomic mass is 9.90. The van der Waals surface area contributed by atoms with E-state index >= 15 is 0 Å². The third kappa shape index (κ3) is 3.08. The van der Waals surface area contributed by atoms with Crippen LogP contribution in [0.15, 0.2) is 18.5 Å². The molecule has 25 heavy (non-hydrogen) atoms. The first-order chi connectivity index (χ1) is 12.0. The first-order valence-electron chi connectivity index (χ1n) is 8.01. The summed E-state index contributed by atoms with van der Waals surface area (Å²) in [6, 6.07) is 1.26. The van der Waals surface area contributed by atoms with Crippen molar-refractivity contribution in [1.29, 1.82) is 0 Å². The second kappa shape index (κ2) is 7.00. The van der Waals surface area contributed by atoms with Crippen LogP contribution in [0.5, 0.6) is 0 Å². The Kier molecular flexibility index (Phi) is 4.94. The Morgan fingerprint density at radius 1 is 1.12 bits per heavy atom. The number of aromatic nitrogens is 4. The van der Waals surface area contributed by atoms with Gasteiger partial charge in [0, 0.05) is 23.6 Å². The van der Waals surface area contributed by atoms with Crippen molar-refractivity contribution in [3.63, 3.8) is 0 Å². The summed E-state index contributed by atoms with van der Waals surface area (Å²) in [7, 11) is 0. The summed E-state index contributed by atoms with van der Waals surface area (Å²) in [5.41, 5.74) is 0.220. The van der Waals surface area contributed by atoms with Gasteiger partial charge in [-0.1, -0.05) is 31.9 Å². The van der Waals surface area contributed by atoms with Gasteiger partial charge in [0.1, 0.15) is 28.9 Å². The summed E-state index contributed by atoms with van der Waals surface area (Å²) in [5, 5.41) is 4.05. The van der Waals surface area contributed by atoms with E-state index in [-0.39, 0.29) is 22.4 Å². The van der Waals surface area contributed by atoms with E-state index in [0.29, 0.717) is 24.2 Å². The smallest absolute Gasteiger partial charge is 0.207 e. The van der Waals surface area contributed by atoms with Gasteiger partial charge in [0.05, 0.1) is 11.3 Å². The molecule has 4 nitrogen and oxygen atoms in total. The molecule has 2 heterocycles. The lowest BCUT2D eigenvalue weighted by Gasteiger charge is -2.21. The molecule has 3 aromatic rings. The second-order valence-electron chi connectivity index (χ2n) is 5.77. The Labute approximate surface area is 147 Å². The van der Waals surface area contributed by atoms with Crippen molar-refractivity contribution < 1.29 is 13.2 Å². The van der Waals surface area contributed by atoms with Crippen LogP contribution in [-0.4, -0.2) is 19.6 Å². The number of rotatable bonds is 5. The normalized spacial score (nSPS) is 12.7. The van der Waals surface area contributed by atoms with Crippen LogP contribution in [0.25, 0.3) is 16.9 Å². The van der Waals surface area contributed by atoms with Gasteiger partial charge in [-0.25, -0.2) is 17.7 Å². The molecular weight excluding hydrogens is 353 g/mol. The van der Waals surface area contributed by atoms with E-state index in [9.17, 15) is 13.2 Å². The maximum absolute atomic E-state index is 14.4. The van der Waals surface area contributed by atoms with Gasteiger partial charge in [0.15, 0.2) is 0 Å². The first-order valence-corrected chi connectivity index (χ1v) is 8.39. The summed E-state index contributed by atoms with van der Waals surface area (Å²) in [4.78, 5) is 8.10. The molecule has 1 atom stereocenters. The zero-order valence-corrected chi connectivity index (χ0v) is 14.5. The highest BCUT2D eigenvalue weighted by Gasteiger charge is 2.27. The minimum absolute atomic E-state index is 0.0615. The Balaban J connectivity index is 2.40. The summed E-state index contributed by atoms with van der Waals surface area (Å²) in [6.07, 6.45) is 3.65. The van der Waals surface area contributed by atoms with Crippen molar-refractivity contribution in [2.24, 2.45) is 0 Å². The molecule has 1 aromatic carbocycles. The Morgan fingerprint density at radius 2 is 1.80 bits per heavy atom. The Hall–Kier alpha value is -2.15. The van der Waals surface area contributed by atoms with E-state index in [1.54, 1.807) is 0 Å². The van der Waals surface area contributed by atoms with Crippen molar-refractivity contribution in [1.82, 2.24) is 19.6 Å². The minimum Gasteiger partial charge on any atom is -0.207 e. The fourth-order valence-corrected chi connectivity index (χ4v) is 3.38. The Bertz CT molecular complexity index is 903. The van der Waals surface area contributed by atoms with Gasteiger partial charge in [-0.2, -0.15) is 15.1 Å². The zero-order chi connectivity index (χ0) is 18.1. The molecule has 0 N–H and O–H groups in total. The molecule has 0 bridgehead atoms. The average Bonchev–Trinajstić information content (AvgIpc) is 3.00. The first kappa shape index (κ1) is 17.7. The average molecular weight is 369 g/mol. The van der Waals surface area contributed by atoms with E-state index in [2.05, 4.69) is 15.1 Å². The molecule has 8 heteroatoms. The van der Waals surface area contributed by atoms with Crippen LogP contribution >= 0.6 is 11.6 Å². The van der Waals surface area contributed by atoms with E-state index in [1.165, 1.54) is 10.8 Å². The topological polar surface area (TPSA) is 43.1 Å². The van der Waals surface area contributed by atoms with Gasteiger partial charge in [-0.3, -0.25) is 0 Å². The number of nitrogens with zero attached hydrogens (tertiary/aromatic N) is 4. The molecule has 1 unspecified atom stereocenters. The number of fused-ring (bicyclic) bond motifs is 1. The van der Waals surface area contributed by atoms with E-state index < -0.39 is 23.0 Å². The number of hydrogen-bond acceptors (Lipinski definition) is 3. The molecule has 0 saturated carbocycles. The van der Waals surface area contributed by atoms with Crippen molar-refractivity contribution in [2.45, 2.75) is 39.0 Å². The molecule has 0 saturated heterocycles. The highest BCUT2D eigenvalue weighted by atomic mass is 35.5. The summed E-state index contributed by atoms with van der Waals surface area (Å²) in [6.45, 7) is 3.99. The maximum atomic E-state index is 14.4. The Morgan fingerprint density at radius 3 is 2.40 bits per heavy atom. The quantitative estimate of drug-likeness (QED) is 0.584. The van der Waals surface area contributed by atoms with Gasteiger partial charge in [0.2, 0.25) is 0 Å². The fraction of sp³-hybridized carbons (Fsp3) is 0.353. The minimum atomic E-state index is -1.03. The SMILES string of the molecule is CCCC(CC)c1c(-c2c(F)cc(F)cc2F)c(Cl)nc2ncnn12. The monoisotopic (exact) mass is 368 g/mol. The third-order valence-corrected chi connectivity index (χ3v) is 4.47. The molecule has 0 spiro atoms. The summed E-state index contributed by atoms with van der Waals surface area (Å²) < 4.78 is 43.6. The highest BCUT2D eigenvalue weighted by molar-refractivity contribution is 6.32. The number of benzene rings is 1. The van der Waals surface area contributed by atoms with Crippen molar-refractivity contribution in [3.05, 3.63) is 46.8 Å². The van der Waals surface area contributed by atoms with E-state index in [1.807, 2.05) is 13.8 Å². The van der Waals surface area contributed by atoms with Crippen LogP contribution in [0.2, 0.25) is 5.15 Å².